The fourth-order valence-electron chi connectivity index (χ4n) is 1.54. The number of carboxylic acid groups (broad SMARTS) is 1. The highest BCUT2D eigenvalue weighted by atomic mass is 16.7. The summed E-state index contributed by atoms with van der Waals surface area (Å²) >= 11 is 0. The molecule has 0 fully saturated rings. The van der Waals surface area contributed by atoms with Gasteiger partial charge in [0.15, 0.2) is 11.5 Å². The molecule has 16 heavy (non-hydrogen) atoms. The SMILES string of the molecule is CC(NCC(=O)O)c1ccc2c(c1)OCO2. The van der Waals surface area contributed by atoms with Gasteiger partial charge in [-0.3, -0.25) is 4.79 Å². The maximum atomic E-state index is 10.4. The Labute approximate surface area is 93.0 Å². The summed E-state index contributed by atoms with van der Waals surface area (Å²) < 4.78 is 10.4. The fourth-order valence-corrected chi connectivity index (χ4v) is 1.54. The van der Waals surface area contributed by atoms with Gasteiger partial charge in [-0.15, -0.1) is 0 Å². The van der Waals surface area contributed by atoms with Crippen molar-refractivity contribution >= 4 is 5.97 Å². The molecule has 1 aliphatic rings. The third kappa shape index (κ3) is 2.25. The molecule has 0 radical (unpaired) electrons. The highest BCUT2D eigenvalue weighted by Gasteiger charge is 2.15. The molecule has 0 spiro atoms. The smallest absolute Gasteiger partial charge is 0.317 e. The van der Waals surface area contributed by atoms with E-state index in [-0.39, 0.29) is 19.4 Å². The zero-order valence-electron chi connectivity index (χ0n) is 8.90. The van der Waals surface area contributed by atoms with Gasteiger partial charge in [0, 0.05) is 6.04 Å². The first-order chi connectivity index (χ1) is 7.66. The average molecular weight is 223 g/mol. The van der Waals surface area contributed by atoms with Crippen molar-refractivity contribution in [2.75, 3.05) is 13.3 Å². The van der Waals surface area contributed by atoms with E-state index in [4.69, 9.17) is 14.6 Å². The summed E-state index contributed by atoms with van der Waals surface area (Å²) in [6.07, 6.45) is 0. The Balaban J connectivity index is 2.06. The minimum atomic E-state index is -0.868. The van der Waals surface area contributed by atoms with Crippen molar-refractivity contribution in [3.8, 4) is 11.5 Å². The number of rotatable bonds is 4. The number of hydrogen-bond acceptors (Lipinski definition) is 4. The van der Waals surface area contributed by atoms with Crippen LogP contribution in [0, 0.1) is 0 Å². The second kappa shape index (κ2) is 4.40. The standard InChI is InChI=1S/C11H13NO4/c1-7(12-5-11(13)14)8-2-3-9-10(4-8)16-6-15-9/h2-4,7,12H,5-6H2,1H3,(H,13,14). The van der Waals surface area contributed by atoms with Crippen LogP contribution in [0.1, 0.15) is 18.5 Å². The molecule has 0 bridgehead atoms. The van der Waals surface area contributed by atoms with Gasteiger partial charge in [0.1, 0.15) is 0 Å². The molecular weight excluding hydrogens is 210 g/mol. The topological polar surface area (TPSA) is 67.8 Å². The number of hydrogen-bond donors (Lipinski definition) is 2. The summed E-state index contributed by atoms with van der Waals surface area (Å²) in [5.74, 6) is 0.572. The van der Waals surface area contributed by atoms with E-state index in [1.165, 1.54) is 0 Å². The summed E-state index contributed by atoms with van der Waals surface area (Å²) in [4.78, 5) is 10.4. The first-order valence-corrected chi connectivity index (χ1v) is 5.01. The lowest BCUT2D eigenvalue weighted by Gasteiger charge is -2.12. The van der Waals surface area contributed by atoms with Crippen LogP contribution in [0.15, 0.2) is 18.2 Å². The van der Waals surface area contributed by atoms with Gasteiger partial charge in [-0.2, -0.15) is 0 Å². The van der Waals surface area contributed by atoms with E-state index in [9.17, 15) is 4.79 Å². The number of benzene rings is 1. The van der Waals surface area contributed by atoms with Gasteiger partial charge >= 0.3 is 5.97 Å². The van der Waals surface area contributed by atoms with Crippen LogP contribution in [0.4, 0.5) is 0 Å². The Morgan fingerprint density at radius 1 is 1.50 bits per heavy atom. The fraction of sp³-hybridized carbons (Fsp3) is 0.364. The van der Waals surface area contributed by atoms with Crippen molar-refractivity contribution in [1.29, 1.82) is 0 Å². The van der Waals surface area contributed by atoms with Crippen LogP contribution in [-0.4, -0.2) is 24.4 Å². The van der Waals surface area contributed by atoms with Gasteiger partial charge in [0.25, 0.3) is 0 Å². The van der Waals surface area contributed by atoms with Crippen molar-refractivity contribution < 1.29 is 19.4 Å². The minimum absolute atomic E-state index is 0.0365. The van der Waals surface area contributed by atoms with E-state index < -0.39 is 5.97 Å². The molecule has 0 aliphatic carbocycles. The molecule has 1 atom stereocenters. The average Bonchev–Trinajstić information content (AvgIpc) is 2.72. The minimum Gasteiger partial charge on any atom is -0.480 e. The van der Waals surface area contributed by atoms with Gasteiger partial charge in [-0.25, -0.2) is 0 Å². The molecule has 1 unspecified atom stereocenters. The summed E-state index contributed by atoms with van der Waals surface area (Å²) in [6.45, 7) is 2.09. The van der Waals surface area contributed by atoms with Crippen molar-refractivity contribution in [3.05, 3.63) is 23.8 Å². The van der Waals surface area contributed by atoms with E-state index in [1.54, 1.807) is 0 Å². The van der Waals surface area contributed by atoms with E-state index in [0.717, 1.165) is 11.3 Å². The molecule has 0 saturated carbocycles. The molecule has 2 N–H and O–H groups in total. The highest BCUT2D eigenvalue weighted by molar-refractivity contribution is 5.69. The first-order valence-electron chi connectivity index (χ1n) is 5.01. The molecule has 0 amide bonds. The lowest BCUT2D eigenvalue weighted by atomic mass is 10.1. The lowest BCUT2D eigenvalue weighted by Crippen LogP contribution is -2.25. The Morgan fingerprint density at radius 2 is 2.25 bits per heavy atom. The Hall–Kier alpha value is -1.75. The molecule has 1 aromatic rings. The van der Waals surface area contributed by atoms with Crippen LogP contribution in [0.5, 0.6) is 11.5 Å². The number of ether oxygens (including phenoxy) is 2. The van der Waals surface area contributed by atoms with Crippen LogP contribution in [0.25, 0.3) is 0 Å². The number of carboxylic acids is 1. The van der Waals surface area contributed by atoms with Gasteiger partial charge < -0.3 is 19.9 Å². The quantitative estimate of drug-likeness (QED) is 0.801. The normalized spacial score (nSPS) is 14.8. The Morgan fingerprint density at radius 3 is 3.00 bits per heavy atom. The van der Waals surface area contributed by atoms with Gasteiger partial charge in [0.05, 0.1) is 6.54 Å². The predicted molar refractivity (Wildman–Crippen MR) is 56.6 cm³/mol. The second-order valence-corrected chi connectivity index (χ2v) is 3.61. The van der Waals surface area contributed by atoms with E-state index in [2.05, 4.69) is 5.32 Å². The molecule has 2 rings (SSSR count). The van der Waals surface area contributed by atoms with Gasteiger partial charge in [-0.1, -0.05) is 6.07 Å². The Bertz CT molecular complexity index is 405. The van der Waals surface area contributed by atoms with Crippen molar-refractivity contribution in [2.45, 2.75) is 13.0 Å². The van der Waals surface area contributed by atoms with E-state index >= 15 is 0 Å². The zero-order valence-corrected chi connectivity index (χ0v) is 8.90. The van der Waals surface area contributed by atoms with E-state index in [0.29, 0.717) is 5.75 Å². The van der Waals surface area contributed by atoms with Crippen LogP contribution in [-0.2, 0) is 4.79 Å². The van der Waals surface area contributed by atoms with Crippen LogP contribution in [0.2, 0.25) is 0 Å². The van der Waals surface area contributed by atoms with Gasteiger partial charge in [0.2, 0.25) is 6.79 Å². The molecule has 0 aromatic heterocycles. The van der Waals surface area contributed by atoms with Gasteiger partial charge in [-0.05, 0) is 24.6 Å². The van der Waals surface area contributed by atoms with Crippen LogP contribution in [0.3, 0.4) is 0 Å². The van der Waals surface area contributed by atoms with E-state index in [1.807, 2.05) is 25.1 Å². The summed E-state index contributed by atoms with van der Waals surface area (Å²) in [5.41, 5.74) is 0.977. The second-order valence-electron chi connectivity index (χ2n) is 3.61. The molecule has 86 valence electrons. The third-order valence-electron chi connectivity index (χ3n) is 2.46. The molecule has 1 heterocycles. The largest absolute Gasteiger partial charge is 0.480 e. The zero-order chi connectivity index (χ0) is 11.5. The summed E-state index contributed by atoms with van der Waals surface area (Å²) in [5, 5.41) is 11.5. The monoisotopic (exact) mass is 223 g/mol. The first kappa shape index (κ1) is 10.8. The lowest BCUT2D eigenvalue weighted by molar-refractivity contribution is -0.136. The molecule has 5 heteroatoms. The molecule has 1 aromatic carbocycles. The summed E-state index contributed by atoms with van der Waals surface area (Å²) in [7, 11) is 0. The van der Waals surface area contributed by atoms with Crippen LogP contribution < -0.4 is 14.8 Å². The number of nitrogens with one attached hydrogen (secondary N) is 1. The Kier molecular flexibility index (Phi) is 2.96. The predicted octanol–water partition coefficient (Wildman–Crippen LogP) is 1.15. The maximum absolute atomic E-state index is 10.4. The van der Waals surface area contributed by atoms with Crippen LogP contribution >= 0.6 is 0 Å². The number of aliphatic carboxylic acids is 1. The molecular formula is C11H13NO4. The summed E-state index contributed by atoms with van der Waals surface area (Å²) in [6, 6.07) is 5.55. The molecule has 1 aliphatic heterocycles. The maximum Gasteiger partial charge on any atom is 0.317 e. The van der Waals surface area contributed by atoms with Crippen molar-refractivity contribution in [1.82, 2.24) is 5.32 Å². The molecule has 5 nitrogen and oxygen atoms in total. The number of carbonyl (C=O) groups is 1. The number of fused-ring (bicyclic) bond motifs is 1. The third-order valence-corrected chi connectivity index (χ3v) is 2.46. The van der Waals surface area contributed by atoms with Crippen molar-refractivity contribution in [3.63, 3.8) is 0 Å². The molecule has 0 saturated heterocycles. The highest BCUT2D eigenvalue weighted by Crippen LogP contribution is 2.33. The van der Waals surface area contributed by atoms with Crippen molar-refractivity contribution in [2.24, 2.45) is 0 Å².